The van der Waals surface area contributed by atoms with Gasteiger partial charge in [0.1, 0.15) is 16.9 Å². The lowest BCUT2D eigenvalue weighted by molar-refractivity contribution is 0.0428. The van der Waals surface area contributed by atoms with E-state index < -0.39 is 46.5 Å². The molecule has 9 heteroatoms. The zero-order chi connectivity index (χ0) is 19.7. The molecule has 1 aromatic rings. The Hall–Kier alpha value is -1.77. The summed E-state index contributed by atoms with van der Waals surface area (Å²) in [6.45, 7) is 9.14. The first-order chi connectivity index (χ1) is 11.1. The minimum atomic E-state index is -1.84. The molecule has 0 radical (unpaired) electrons. The first-order valence-corrected chi connectivity index (χ1v) is 8.02. The lowest BCUT2D eigenvalue weighted by Crippen LogP contribution is -2.44. The molecule has 0 unspecified atom stereocenters. The number of hydrogen-bond acceptors (Lipinski definition) is 4. The molecule has 0 saturated carbocycles. The van der Waals surface area contributed by atoms with E-state index >= 15 is 0 Å². The van der Waals surface area contributed by atoms with Gasteiger partial charge in [-0.3, -0.25) is 0 Å². The first-order valence-electron chi connectivity index (χ1n) is 7.23. The third-order valence-corrected chi connectivity index (χ3v) is 3.07. The molecule has 0 heterocycles. The highest BCUT2D eigenvalue weighted by Crippen LogP contribution is 2.34. The monoisotopic (exact) mass is 425 g/mol. The van der Waals surface area contributed by atoms with Crippen molar-refractivity contribution in [2.45, 2.75) is 52.7 Å². The SMILES string of the molecule is CC(C)(C)OC(=O)N(C(=O)OC(C)(C)C)c1c(Br)cc(F)c(F)c1F. The average Bonchev–Trinajstić information content (AvgIpc) is 2.36. The molecule has 25 heavy (non-hydrogen) atoms. The van der Waals surface area contributed by atoms with Crippen molar-refractivity contribution in [2.24, 2.45) is 0 Å². The molecule has 0 aromatic heterocycles. The normalized spacial score (nSPS) is 11.9. The molecule has 0 N–H and O–H groups in total. The number of benzene rings is 1. The lowest BCUT2D eigenvalue weighted by atomic mass is 10.2. The number of anilines is 1. The van der Waals surface area contributed by atoms with Gasteiger partial charge in [-0.1, -0.05) is 0 Å². The van der Waals surface area contributed by atoms with E-state index in [4.69, 9.17) is 9.47 Å². The van der Waals surface area contributed by atoms with Crippen molar-refractivity contribution in [3.8, 4) is 0 Å². The van der Waals surface area contributed by atoms with E-state index in [1.165, 1.54) is 41.5 Å². The summed E-state index contributed by atoms with van der Waals surface area (Å²) in [5.74, 6) is -5.06. The fraction of sp³-hybridized carbons (Fsp3) is 0.500. The predicted octanol–water partition coefficient (Wildman–Crippen LogP) is 5.54. The minimum absolute atomic E-state index is 0.179. The summed E-state index contributed by atoms with van der Waals surface area (Å²) in [6, 6.07) is 0.593. The van der Waals surface area contributed by atoms with Gasteiger partial charge in [0.25, 0.3) is 0 Å². The van der Waals surface area contributed by atoms with Gasteiger partial charge in [-0.2, -0.15) is 4.90 Å². The molecular formula is C16H19BrF3NO4. The van der Waals surface area contributed by atoms with E-state index in [9.17, 15) is 22.8 Å². The van der Waals surface area contributed by atoms with Gasteiger partial charge >= 0.3 is 12.2 Å². The Morgan fingerprint density at radius 2 is 1.32 bits per heavy atom. The fourth-order valence-corrected chi connectivity index (χ4v) is 2.19. The number of nitrogens with zero attached hydrogens (tertiary/aromatic N) is 1. The van der Waals surface area contributed by atoms with Crippen molar-refractivity contribution in [3.05, 3.63) is 28.0 Å². The van der Waals surface area contributed by atoms with Crippen LogP contribution in [0, 0.1) is 17.5 Å². The van der Waals surface area contributed by atoms with Gasteiger partial charge < -0.3 is 9.47 Å². The van der Waals surface area contributed by atoms with Crippen molar-refractivity contribution in [1.82, 2.24) is 0 Å². The molecule has 0 spiro atoms. The van der Waals surface area contributed by atoms with Crippen LogP contribution in [0.4, 0.5) is 28.4 Å². The number of carbonyl (C=O) groups is 2. The molecule has 0 atom stereocenters. The maximum absolute atomic E-state index is 14.3. The number of imide groups is 1. The first kappa shape index (κ1) is 21.3. The second kappa shape index (κ2) is 7.23. The molecule has 1 aromatic carbocycles. The van der Waals surface area contributed by atoms with Gasteiger partial charge in [-0.25, -0.2) is 22.8 Å². The van der Waals surface area contributed by atoms with Gasteiger partial charge in [0.05, 0.1) is 0 Å². The van der Waals surface area contributed by atoms with Crippen LogP contribution < -0.4 is 4.90 Å². The summed E-state index contributed by atoms with van der Waals surface area (Å²) in [5.41, 5.74) is -2.90. The minimum Gasteiger partial charge on any atom is -0.443 e. The smallest absolute Gasteiger partial charge is 0.424 e. The van der Waals surface area contributed by atoms with E-state index in [0.29, 0.717) is 6.07 Å². The molecule has 140 valence electrons. The highest BCUT2D eigenvalue weighted by Gasteiger charge is 2.37. The Morgan fingerprint density at radius 3 is 1.68 bits per heavy atom. The molecule has 0 fully saturated rings. The van der Waals surface area contributed by atoms with Crippen LogP contribution in [0.5, 0.6) is 0 Å². The van der Waals surface area contributed by atoms with Crippen LogP contribution in [0.1, 0.15) is 41.5 Å². The zero-order valence-corrected chi connectivity index (χ0v) is 16.3. The summed E-state index contributed by atoms with van der Waals surface area (Å²) >= 11 is 2.82. The van der Waals surface area contributed by atoms with Crippen molar-refractivity contribution in [3.63, 3.8) is 0 Å². The van der Waals surface area contributed by atoms with Crippen LogP contribution in [0.3, 0.4) is 0 Å². The standard InChI is InChI=1S/C16H19BrF3NO4/c1-15(2,3)24-13(22)21(14(23)25-16(4,5)6)12-8(17)7-9(18)10(19)11(12)20/h7H,1-6H3. The van der Waals surface area contributed by atoms with E-state index in [-0.39, 0.29) is 9.37 Å². The van der Waals surface area contributed by atoms with E-state index in [2.05, 4.69) is 15.9 Å². The molecule has 0 aliphatic heterocycles. The summed E-state index contributed by atoms with van der Waals surface area (Å²) in [4.78, 5) is 25.0. The third kappa shape index (κ3) is 5.62. The number of rotatable bonds is 1. The Bertz CT molecular complexity index is 668. The van der Waals surface area contributed by atoms with Crippen LogP contribution in [-0.2, 0) is 9.47 Å². The number of amides is 2. The predicted molar refractivity (Wildman–Crippen MR) is 89.0 cm³/mol. The maximum atomic E-state index is 14.3. The summed E-state index contributed by atoms with van der Waals surface area (Å²) < 4.78 is 51.0. The lowest BCUT2D eigenvalue weighted by Gasteiger charge is -2.29. The molecule has 1 rings (SSSR count). The van der Waals surface area contributed by atoms with E-state index in [1.807, 2.05) is 0 Å². The molecule has 0 aliphatic rings. The van der Waals surface area contributed by atoms with Crippen LogP contribution in [0.25, 0.3) is 0 Å². The van der Waals surface area contributed by atoms with Gasteiger partial charge in [0, 0.05) is 4.47 Å². The van der Waals surface area contributed by atoms with E-state index in [0.717, 1.165) is 0 Å². The Balaban J connectivity index is 3.50. The highest BCUT2D eigenvalue weighted by molar-refractivity contribution is 9.10. The molecule has 2 amide bonds. The average molecular weight is 426 g/mol. The quantitative estimate of drug-likeness (QED) is 0.437. The number of ether oxygens (including phenoxy) is 2. The molecule has 5 nitrogen and oxygen atoms in total. The Kier molecular flexibility index (Phi) is 6.15. The van der Waals surface area contributed by atoms with Crippen molar-refractivity contribution < 1.29 is 32.2 Å². The summed E-state index contributed by atoms with van der Waals surface area (Å²) in [5, 5.41) is 0. The van der Waals surface area contributed by atoms with Crippen LogP contribution >= 0.6 is 15.9 Å². The van der Waals surface area contributed by atoms with Gasteiger partial charge in [-0.15, -0.1) is 0 Å². The fourth-order valence-electron chi connectivity index (χ4n) is 1.63. The summed E-state index contributed by atoms with van der Waals surface area (Å²) in [7, 11) is 0. The van der Waals surface area contributed by atoms with Gasteiger partial charge in [-0.05, 0) is 63.5 Å². The number of hydrogen-bond donors (Lipinski definition) is 0. The van der Waals surface area contributed by atoms with Gasteiger partial charge in [0.15, 0.2) is 17.5 Å². The second-order valence-corrected chi connectivity index (χ2v) is 7.97. The maximum Gasteiger partial charge on any atom is 0.424 e. The molecule has 0 saturated heterocycles. The van der Waals surface area contributed by atoms with Crippen LogP contribution in [-0.4, -0.2) is 23.4 Å². The molecular weight excluding hydrogens is 407 g/mol. The Morgan fingerprint density at radius 1 is 0.920 bits per heavy atom. The Labute approximate surface area is 152 Å². The molecule has 0 aliphatic carbocycles. The van der Waals surface area contributed by atoms with Crippen LogP contribution in [0.2, 0.25) is 0 Å². The third-order valence-electron chi connectivity index (χ3n) is 2.47. The van der Waals surface area contributed by atoms with Crippen molar-refractivity contribution >= 4 is 33.8 Å². The second-order valence-electron chi connectivity index (χ2n) is 7.11. The number of halogens is 4. The molecule has 0 bridgehead atoms. The zero-order valence-electron chi connectivity index (χ0n) is 14.7. The van der Waals surface area contributed by atoms with Crippen LogP contribution in [0.15, 0.2) is 10.5 Å². The van der Waals surface area contributed by atoms with Gasteiger partial charge in [0.2, 0.25) is 0 Å². The summed E-state index contributed by atoms with van der Waals surface area (Å²) in [6.07, 6.45) is -2.60. The topological polar surface area (TPSA) is 55.8 Å². The number of carbonyl (C=O) groups excluding carboxylic acids is 2. The van der Waals surface area contributed by atoms with Crippen molar-refractivity contribution in [1.29, 1.82) is 0 Å². The largest absolute Gasteiger partial charge is 0.443 e. The van der Waals surface area contributed by atoms with E-state index in [1.54, 1.807) is 0 Å². The van der Waals surface area contributed by atoms with Crippen molar-refractivity contribution in [2.75, 3.05) is 4.90 Å². The highest BCUT2D eigenvalue weighted by atomic mass is 79.9.